The van der Waals surface area contributed by atoms with Gasteiger partial charge in [0.05, 0.1) is 17.0 Å². The van der Waals surface area contributed by atoms with Gasteiger partial charge in [-0.3, -0.25) is 4.79 Å². The number of rotatable bonds is 5. The Labute approximate surface area is 127 Å². The first kappa shape index (κ1) is 15.3. The van der Waals surface area contributed by atoms with Crippen molar-refractivity contribution in [3.8, 4) is 0 Å². The fraction of sp³-hybridized carbons (Fsp3) is 0.250. The highest BCUT2D eigenvalue weighted by Gasteiger charge is 2.23. The Bertz CT molecular complexity index is 662. The summed E-state index contributed by atoms with van der Waals surface area (Å²) in [7, 11) is 0. The minimum Gasteiger partial charge on any atom is -0.462 e. The Balaban J connectivity index is 2.27. The van der Waals surface area contributed by atoms with Crippen molar-refractivity contribution in [2.24, 2.45) is 0 Å². The average molecular weight is 303 g/mol. The van der Waals surface area contributed by atoms with Gasteiger partial charge in [0, 0.05) is 6.42 Å². The van der Waals surface area contributed by atoms with Gasteiger partial charge in [-0.05, 0) is 25.0 Å². The van der Waals surface area contributed by atoms with E-state index >= 15 is 0 Å². The van der Waals surface area contributed by atoms with E-state index in [1.165, 1.54) is 0 Å². The molecule has 2 rings (SSSR count). The summed E-state index contributed by atoms with van der Waals surface area (Å²) in [5, 5.41) is 0.336. The lowest BCUT2D eigenvalue weighted by atomic mass is 10.0. The Kier molecular flexibility index (Phi) is 4.75. The third-order valence-corrected chi connectivity index (χ3v) is 4.28. The minimum absolute atomic E-state index is 0.0362. The smallest absolute Gasteiger partial charge is 0.341 e. The van der Waals surface area contributed by atoms with Crippen molar-refractivity contribution in [2.45, 2.75) is 20.3 Å². The van der Waals surface area contributed by atoms with Gasteiger partial charge in [-0.2, -0.15) is 0 Å². The van der Waals surface area contributed by atoms with E-state index in [-0.39, 0.29) is 12.4 Å². The van der Waals surface area contributed by atoms with Crippen molar-refractivity contribution < 1.29 is 14.3 Å². The van der Waals surface area contributed by atoms with Crippen molar-refractivity contribution in [3.63, 3.8) is 0 Å². The number of hydrogen-bond acceptors (Lipinski definition) is 5. The van der Waals surface area contributed by atoms with E-state index in [0.717, 1.165) is 16.9 Å². The molecular formula is C16H17NO3S. The third kappa shape index (κ3) is 3.31. The van der Waals surface area contributed by atoms with Gasteiger partial charge in [0.15, 0.2) is 5.78 Å². The van der Waals surface area contributed by atoms with Gasteiger partial charge < -0.3 is 10.5 Å². The number of carbonyl (C=O) groups excluding carboxylic acids is 2. The molecule has 0 aliphatic rings. The number of Topliss-reactive ketones (excluding diaryl/α,β-unsaturated/α-hetero) is 1. The summed E-state index contributed by atoms with van der Waals surface area (Å²) >= 11 is 1.15. The molecule has 4 nitrogen and oxygen atoms in total. The molecule has 5 heteroatoms. The molecule has 0 aliphatic carbocycles. The lowest BCUT2D eigenvalue weighted by Gasteiger charge is -2.03. The molecule has 0 fully saturated rings. The molecule has 1 aromatic carbocycles. The van der Waals surface area contributed by atoms with Crippen LogP contribution in [0, 0.1) is 6.92 Å². The van der Waals surface area contributed by atoms with Crippen LogP contribution in [0.3, 0.4) is 0 Å². The van der Waals surface area contributed by atoms with Crippen molar-refractivity contribution in [1.29, 1.82) is 0 Å². The lowest BCUT2D eigenvalue weighted by molar-refractivity contribution is 0.0527. The monoisotopic (exact) mass is 303 g/mol. The van der Waals surface area contributed by atoms with E-state index < -0.39 is 5.97 Å². The molecular weight excluding hydrogens is 286 g/mol. The molecule has 0 atom stereocenters. The molecule has 0 spiro atoms. The number of esters is 1. The van der Waals surface area contributed by atoms with Crippen LogP contribution in [0.25, 0.3) is 0 Å². The molecule has 0 radical (unpaired) electrons. The molecule has 0 saturated carbocycles. The van der Waals surface area contributed by atoms with Crippen molar-refractivity contribution >= 4 is 28.1 Å². The maximum absolute atomic E-state index is 12.4. The van der Waals surface area contributed by atoms with Gasteiger partial charge in [-0.15, -0.1) is 11.3 Å². The van der Waals surface area contributed by atoms with E-state index in [4.69, 9.17) is 10.5 Å². The molecule has 0 saturated heterocycles. The molecule has 2 aromatic rings. The van der Waals surface area contributed by atoms with Gasteiger partial charge >= 0.3 is 5.97 Å². The second-order valence-electron chi connectivity index (χ2n) is 4.60. The number of hydrogen-bond donors (Lipinski definition) is 1. The van der Waals surface area contributed by atoms with Crippen LogP contribution < -0.4 is 5.73 Å². The topological polar surface area (TPSA) is 69.4 Å². The zero-order valence-corrected chi connectivity index (χ0v) is 12.8. The highest BCUT2D eigenvalue weighted by Crippen LogP contribution is 2.32. The lowest BCUT2D eigenvalue weighted by Crippen LogP contribution is -2.09. The first-order valence-electron chi connectivity index (χ1n) is 6.67. The Morgan fingerprint density at radius 3 is 2.52 bits per heavy atom. The molecule has 0 bridgehead atoms. The molecule has 1 aromatic heterocycles. The van der Waals surface area contributed by atoms with E-state index in [9.17, 15) is 9.59 Å². The van der Waals surface area contributed by atoms with E-state index in [0.29, 0.717) is 27.4 Å². The highest BCUT2D eigenvalue weighted by atomic mass is 32.1. The zero-order valence-electron chi connectivity index (χ0n) is 12.0. The molecule has 21 heavy (non-hydrogen) atoms. The van der Waals surface area contributed by atoms with E-state index in [2.05, 4.69) is 0 Å². The summed E-state index contributed by atoms with van der Waals surface area (Å²) in [6.07, 6.45) is 0.296. The summed E-state index contributed by atoms with van der Waals surface area (Å²) in [5.74, 6) is -0.506. The van der Waals surface area contributed by atoms with E-state index in [1.807, 2.05) is 30.3 Å². The van der Waals surface area contributed by atoms with Crippen LogP contribution in [0.5, 0.6) is 0 Å². The number of nitrogen functional groups attached to an aromatic ring is 1. The fourth-order valence-electron chi connectivity index (χ4n) is 2.12. The normalized spacial score (nSPS) is 10.4. The predicted molar refractivity (Wildman–Crippen MR) is 83.9 cm³/mol. The Morgan fingerprint density at radius 2 is 1.90 bits per heavy atom. The molecule has 1 heterocycles. The molecule has 0 unspecified atom stereocenters. The predicted octanol–water partition coefficient (Wildman–Crippen LogP) is 3.24. The first-order chi connectivity index (χ1) is 10.0. The fourth-order valence-corrected chi connectivity index (χ4v) is 3.12. The first-order valence-corrected chi connectivity index (χ1v) is 7.49. The molecule has 0 aliphatic heterocycles. The van der Waals surface area contributed by atoms with Crippen molar-refractivity contribution in [3.05, 3.63) is 51.9 Å². The number of anilines is 1. The summed E-state index contributed by atoms with van der Waals surface area (Å²) in [4.78, 5) is 24.8. The van der Waals surface area contributed by atoms with Crippen LogP contribution >= 0.6 is 11.3 Å². The number of thiophene rings is 1. The quantitative estimate of drug-likeness (QED) is 0.680. The summed E-state index contributed by atoms with van der Waals surface area (Å²) in [6.45, 7) is 3.75. The minimum atomic E-state index is -0.470. The van der Waals surface area contributed by atoms with Crippen LogP contribution in [0.1, 0.15) is 38.1 Å². The average Bonchev–Trinajstić information content (AvgIpc) is 2.75. The second kappa shape index (κ2) is 6.54. The number of benzene rings is 1. The van der Waals surface area contributed by atoms with Crippen LogP contribution in [0.4, 0.5) is 5.00 Å². The van der Waals surface area contributed by atoms with Crippen LogP contribution in [-0.2, 0) is 11.2 Å². The summed E-state index contributed by atoms with van der Waals surface area (Å²) in [5.41, 5.74) is 7.73. The molecule has 110 valence electrons. The van der Waals surface area contributed by atoms with Crippen molar-refractivity contribution in [1.82, 2.24) is 0 Å². The maximum Gasteiger partial charge on any atom is 0.341 e. The number of ketones is 1. The second-order valence-corrected chi connectivity index (χ2v) is 5.65. The van der Waals surface area contributed by atoms with Crippen LogP contribution in [-0.4, -0.2) is 18.4 Å². The molecule has 0 amide bonds. The third-order valence-electron chi connectivity index (χ3n) is 3.11. The van der Waals surface area contributed by atoms with Gasteiger partial charge in [-0.1, -0.05) is 30.3 Å². The van der Waals surface area contributed by atoms with Gasteiger partial charge in [0.1, 0.15) is 5.00 Å². The van der Waals surface area contributed by atoms with Gasteiger partial charge in [-0.25, -0.2) is 4.79 Å². The van der Waals surface area contributed by atoms with Crippen LogP contribution in [0.15, 0.2) is 30.3 Å². The Hall–Kier alpha value is -2.14. The SMILES string of the molecule is CCOC(=O)c1c(N)sc(C(=O)Cc2ccccc2)c1C. The highest BCUT2D eigenvalue weighted by molar-refractivity contribution is 7.18. The maximum atomic E-state index is 12.4. The molecule has 2 N–H and O–H groups in total. The summed E-state index contributed by atoms with van der Waals surface area (Å²) in [6, 6.07) is 9.48. The largest absolute Gasteiger partial charge is 0.462 e. The van der Waals surface area contributed by atoms with Gasteiger partial charge in [0.2, 0.25) is 0 Å². The van der Waals surface area contributed by atoms with Crippen LogP contribution in [0.2, 0.25) is 0 Å². The number of nitrogens with two attached hydrogens (primary N) is 1. The number of carbonyl (C=O) groups is 2. The number of ether oxygens (including phenoxy) is 1. The van der Waals surface area contributed by atoms with Gasteiger partial charge in [0.25, 0.3) is 0 Å². The zero-order chi connectivity index (χ0) is 15.4. The standard InChI is InChI=1S/C16H17NO3S/c1-3-20-16(19)13-10(2)14(21-15(13)17)12(18)9-11-7-5-4-6-8-11/h4-8H,3,9,17H2,1-2H3. The Morgan fingerprint density at radius 1 is 1.24 bits per heavy atom. The van der Waals surface area contributed by atoms with E-state index in [1.54, 1.807) is 13.8 Å². The summed E-state index contributed by atoms with van der Waals surface area (Å²) < 4.78 is 4.98. The van der Waals surface area contributed by atoms with Crippen molar-refractivity contribution in [2.75, 3.05) is 12.3 Å².